The minimum atomic E-state index is -0.106. The van der Waals surface area contributed by atoms with E-state index in [1.54, 1.807) is 16.7 Å². The molecule has 0 spiro atoms. The molecule has 1 amide bonds. The molecule has 0 aromatic heterocycles. The van der Waals surface area contributed by atoms with Gasteiger partial charge in [0.2, 0.25) is 5.91 Å². The number of nitrogens with zero attached hydrogens (tertiary/aromatic N) is 1. The molecule has 0 unspecified atom stereocenters. The molecule has 0 saturated heterocycles. The third kappa shape index (κ3) is 2.01. The summed E-state index contributed by atoms with van der Waals surface area (Å²) in [5, 5.41) is 2.33. The standard InChI is InChI=1S/C18H12ClNOS/c19-11-17(21)20-14-7-3-4-8-16(14)22-18-13-6-2-1-5-12(13)9-10-15(18)20/h1-10H,11H2. The van der Waals surface area contributed by atoms with Crippen LogP contribution in [0.3, 0.4) is 0 Å². The lowest BCUT2D eigenvalue weighted by Crippen LogP contribution is -2.29. The summed E-state index contributed by atoms with van der Waals surface area (Å²) < 4.78 is 0. The molecule has 0 aliphatic carbocycles. The number of rotatable bonds is 1. The minimum Gasteiger partial charge on any atom is -0.278 e. The molecule has 4 heteroatoms. The van der Waals surface area contributed by atoms with E-state index >= 15 is 0 Å². The second-order valence-corrected chi connectivity index (χ2v) is 6.39. The highest BCUT2D eigenvalue weighted by Crippen LogP contribution is 2.50. The fourth-order valence-corrected chi connectivity index (χ4v) is 4.12. The van der Waals surface area contributed by atoms with Gasteiger partial charge in [-0.1, -0.05) is 54.2 Å². The van der Waals surface area contributed by atoms with Gasteiger partial charge < -0.3 is 0 Å². The Morgan fingerprint density at radius 1 is 0.955 bits per heavy atom. The molecule has 1 aliphatic rings. The van der Waals surface area contributed by atoms with Crippen molar-refractivity contribution in [3.8, 4) is 0 Å². The van der Waals surface area contributed by atoms with Crippen LogP contribution in [0.1, 0.15) is 0 Å². The van der Waals surface area contributed by atoms with Gasteiger partial charge in [0.1, 0.15) is 5.88 Å². The van der Waals surface area contributed by atoms with Gasteiger partial charge in [-0.15, -0.1) is 11.6 Å². The van der Waals surface area contributed by atoms with Crippen LogP contribution in [0.25, 0.3) is 10.8 Å². The highest BCUT2D eigenvalue weighted by molar-refractivity contribution is 8.00. The lowest BCUT2D eigenvalue weighted by molar-refractivity contribution is -0.115. The first-order chi connectivity index (χ1) is 10.8. The Bertz CT molecular complexity index is 893. The number of alkyl halides is 1. The van der Waals surface area contributed by atoms with Gasteiger partial charge in [0.15, 0.2) is 0 Å². The van der Waals surface area contributed by atoms with Crippen molar-refractivity contribution in [3.63, 3.8) is 0 Å². The van der Waals surface area contributed by atoms with Gasteiger partial charge in [0, 0.05) is 9.79 Å². The number of carbonyl (C=O) groups excluding carboxylic acids is 1. The van der Waals surface area contributed by atoms with Crippen molar-refractivity contribution >= 4 is 51.4 Å². The van der Waals surface area contributed by atoms with Gasteiger partial charge in [0.25, 0.3) is 0 Å². The molecule has 0 bridgehead atoms. The summed E-state index contributed by atoms with van der Waals surface area (Å²) in [7, 11) is 0. The Morgan fingerprint density at radius 3 is 2.59 bits per heavy atom. The van der Waals surface area contributed by atoms with Crippen LogP contribution < -0.4 is 4.90 Å². The largest absolute Gasteiger partial charge is 0.278 e. The molecular formula is C18H12ClNOS. The molecule has 4 rings (SSSR count). The number of amides is 1. The molecule has 0 saturated carbocycles. The summed E-state index contributed by atoms with van der Waals surface area (Å²) in [6, 6.07) is 20.2. The number of fused-ring (bicyclic) bond motifs is 4. The fraction of sp³-hybridized carbons (Fsp3) is 0.0556. The maximum absolute atomic E-state index is 12.4. The molecule has 108 valence electrons. The van der Waals surface area contributed by atoms with E-state index in [0.29, 0.717) is 0 Å². The zero-order valence-corrected chi connectivity index (χ0v) is 13.2. The Labute approximate surface area is 137 Å². The quantitative estimate of drug-likeness (QED) is 0.572. The molecule has 0 radical (unpaired) electrons. The Morgan fingerprint density at radius 2 is 1.73 bits per heavy atom. The SMILES string of the molecule is O=C(CCl)N1c2ccccc2Sc2c1ccc1ccccc21. The summed E-state index contributed by atoms with van der Waals surface area (Å²) in [5.41, 5.74) is 1.81. The summed E-state index contributed by atoms with van der Waals surface area (Å²) in [6.07, 6.45) is 0. The van der Waals surface area contributed by atoms with Crippen LogP contribution in [0, 0.1) is 0 Å². The van der Waals surface area contributed by atoms with Crippen molar-refractivity contribution in [2.24, 2.45) is 0 Å². The summed E-state index contributed by atoms with van der Waals surface area (Å²) in [6.45, 7) is 0. The summed E-state index contributed by atoms with van der Waals surface area (Å²) in [4.78, 5) is 16.3. The average molecular weight is 326 g/mol. The first kappa shape index (κ1) is 13.7. The smallest absolute Gasteiger partial charge is 0.246 e. The maximum atomic E-state index is 12.4. The van der Waals surface area contributed by atoms with Crippen LogP contribution in [-0.2, 0) is 4.79 Å². The normalized spacial score (nSPS) is 12.9. The second-order valence-electron chi connectivity index (χ2n) is 5.07. The van der Waals surface area contributed by atoms with Gasteiger partial charge in [-0.2, -0.15) is 0 Å². The van der Waals surface area contributed by atoms with Crippen LogP contribution >= 0.6 is 23.4 Å². The van der Waals surface area contributed by atoms with E-state index in [0.717, 1.165) is 26.6 Å². The highest BCUT2D eigenvalue weighted by Gasteiger charge is 2.28. The molecule has 0 atom stereocenters. The van der Waals surface area contributed by atoms with Gasteiger partial charge in [-0.25, -0.2) is 0 Å². The first-order valence-electron chi connectivity index (χ1n) is 6.97. The topological polar surface area (TPSA) is 20.3 Å². The summed E-state index contributed by atoms with van der Waals surface area (Å²) >= 11 is 7.55. The lowest BCUT2D eigenvalue weighted by Gasteiger charge is -2.31. The number of para-hydroxylation sites is 1. The number of hydrogen-bond donors (Lipinski definition) is 0. The van der Waals surface area contributed by atoms with Crippen LogP contribution in [0.2, 0.25) is 0 Å². The summed E-state index contributed by atoms with van der Waals surface area (Å²) in [5.74, 6) is -0.142. The zero-order valence-electron chi connectivity index (χ0n) is 11.6. The van der Waals surface area contributed by atoms with Crippen LogP contribution in [0.5, 0.6) is 0 Å². The molecular weight excluding hydrogens is 314 g/mol. The number of benzene rings is 3. The number of hydrogen-bond acceptors (Lipinski definition) is 2. The van der Waals surface area contributed by atoms with Crippen molar-refractivity contribution in [3.05, 3.63) is 60.7 Å². The van der Waals surface area contributed by atoms with Crippen LogP contribution in [0.4, 0.5) is 11.4 Å². The third-order valence-electron chi connectivity index (χ3n) is 3.78. The predicted octanol–water partition coefficient (Wildman–Crippen LogP) is 5.21. The molecule has 3 aromatic carbocycles. The fourth-order valence-electron chi connectivity index (χ4n) is 2.81. The van der Waals surface area contributed by atoms with E-state index in [1.165, 1.54) is 5.39 Å². The maximum Gasteiger partial charge on any atom is 0.246 e. The lowest BCUT2D eigenvalue weighted by atomic mass is 10.1. The van der Waals surface area contributed by atoms with E-state index in [9.17, 15) is 4.79 Å². The van der Waals surface area contributed by atoms with Crippen LogP contribution in [-0.4, -0.2) is 11.8 Å². The van der Waals surface area contributed by atoms with E-state index < -0.39 is 0 Å². The first-order valence-corrected chi connectivity index (χ1v) is 8.32. The molecule has 1 heterocycles. The van der Waals surface area contributed by atoms with E-state index in [-0.39, 0.29) is 11.8 Å². The van der Waals surface area contributed by atoms with Crippen molar-refractivity contribution in [2.45, 2.75) is 9.79 Å². The molecule has 22 heavy (non-hydrogen) atoms. The molecule has 3 aromatic rings. The van der Waals surface area contributed by atoms with Gasteiger partial charge in [-0.05, 0) is 29.0 Å². The van der Waals surface area contributed by atoms with Crippen molar-refractivity contribution in [1.82, 2.24) is 0 Å². The Hall–Kier alpha value is -1.97. The predicted molar refractivity (Wildman–Crippen MR) is 92.4 cm³/mol. The molecule has 1 aliphatic heterocycles. The Balaban J connectivity index is 2.02. The van der Waals surface area contributed by atoms with E-state index in [1.807, 2.05) is 42.5 Å². The third-order valence-corrected chi connectivity index (χ3v) is 5.21. The molecule has 2 nitrogen and oxygen atoms in total. The van der Waals surface area contributed by atoms with E-state index in [4.69, 9.17) is 11.6 Å². The average Bonchev–Trinajstić information content (AvgIpc) is 2.59. The second kappa shape index (κ2) is 5.34. The Kier molecular flexibility index (Phi) is 3.32. The number of carbonyl (C=O) groups is 1. The van der Waals surface area contributed by atoms with E-state index in [2.05, 4.69) is 18.2 Å². The minimum absolute atomic E-state index is 0.0364. The highest BCUT2D eigenvalue weighted by atomic mass is 35.5. The number of anilines is 2. The molecule has 0 fully saturated rings. The van der Waals surface area contributed by atoms with Gasteiger partial charge >= 0.3 is 0 Å². The van der Waals surface area contributed by atoms with Crippen molar-refractivity contribution < 1.29 is 4.79 Å². The van der Waals surface area contributed by atoms with Gasteiger partial charge in [-0.3, -0.25) is 9.69 Å². The number of halogens is 1. The van der Waals surface area contributed by atoms with Crippen molar-refractivity contribution in [1.29, 1.82) is 0 Å². The monoisotopic (exact) mass is 325 g/mol. The zero-order chi connectivity index (χ0) is 15.1. The molecule has 0 N–H and O–H groups in total. The van der Waals surface area contributed by atoms with Crippen LogP contribution in [0.15, 0.2) is 70.5 Å². The van der Waals surface area contributed by atoms with Gasteiger partial charge in [0.05, 0.1) is 11.4 Å². The van der Waals surface area contributed by atoms with Crippen molar-refractivity contribution in [2.75, 3.05) is 10.8 Å².